The van der Waals surface area contributed by atoms with Crippen LogP contribution in [0.1, 0.15) is 33.6 Å². The summed E-state index contributed by atoms with van der Waals surface area (Å²) in [4.78, 5) is 58.2. The number of rotatable bonds is 5. The van der Waals surface area contributed by atoms with Crippen LogP contribution in [0, 0.1) is 0 Å². The molecular formula is C31H30ClFN6O4. The predicted molar refractivity (Wildman–Crippen MR) is 161 cm³/mol. The molecule has 2 fully saturated rings. The number of nitrogens with zero attached hydrogens (tertiary/aromatic N) is 3. The van der Waals surface area contributed by atoms with Crippen LogP contribution < -0.4 is 16.2 Å². The second-order valence-electron chi connectivity index (χ2n) is 10.9. The Bertz CT molecular complexity index is 1740. The summed E-state index contributed by atoms with van der Waals surface area (Å²) in [6, 6.07) is 15.2. The Labute approximate surface area is 251 Å². The summed E-state index contributed by atoms with van der Waals surface area (Å²) in [5.41, 5.74) is 1.92. The van der Waals surface area contributed by atoms with Gasteiger partial charge in [0.1, 0.15) is 6.17 Å². The molecule has 0 bridgehead atoms. The average molecular weight is 605 g/mol. The molecule has 3 atom stereocenters. The lowest BCUT2D eigenvalue weighted by Crippen LogP contribution is -2.62. The van der Waals surface area contributed by atoms with Crippen molar-refractivity contribution in [1.82, 2.24) is 30.0 Å². The number of aromatic amines is 1. The molecule has 43 heavy (non-hydrogen) atoms. The molecule has 1 unspecified atom stereocenters. The first-order valence-corrected chi connectivity index (χ1v) is 14.5. The molecule has 0 saturated carbocycles. The molecule has 6 rings (SSSR count). The largest absolute Gasteiger partial charge is 0.360 e. The zero-order valence-corrected chi connectivity index (χ0v) is 23.9. The number of hydrogen-bond acceptors (Lipinski definition) is 4. The van der Waals surface area contributed by atoms with E-state index in [1.807, 2.05) is 0 Å². The van der Waals surface area contributed by atoms with Gasteiger partial charge in [0.05, 0.1) is 23.7 Å². The maximum absolute atomic E-state index is 13.8. The van der Waals surface area contributed by atoms with E-state index >= 15 is 0 Å². The second-order valence-corrected chi connectivity index (χ2v) is 11.3. The van der Waals surface area contributed by atoms with Gasteiger partial charge in [0.2, 0.25) is 0 Å². The number of halogens is 2. The maximum Gasteiger partial charge on any atom is 0.320 e. The number of fused-ring (bicyclic) bond motifs is 1. The van der Waals surface area contributed by atoms with Crippen LogP contribution in [0.15, 0.2) is 77.9 Å². The summed E-state index contributed by atoms with van der Waals surface area (Å²) in [6.07, 6.45) is 2.95. The van der Waals surface area contributed by atoms with E-state index in [1.165, 1.54) is 15.5 Å². The minimum Gasteiger partial charge on any atom is -0.360 e. The number of pyridine rings is 1. The van der Waals surface area contributed by atoms with E-state index in [-0.39, 0.29) is 30.6 Å². The highest BCUT2D eigenvalue weighted by molar-refractivity contribution is 6.35. The van der Waals surface area contributed by atoms with Crippen LogP contribution in [0.4, 0.5) is 9.18 Å². The summed E-state index contributed by atoms with van der Waals surface area (Å²) in [5, 5.41) is 7.39. The third-order valence-electron chi connectivity index (χ3n) is 8.04. The first-order chi connectivity index (χ1) is 20.8. The molecule has 2 aliphatic heterocycles. The number of aromatic nitrogens is 2. The fourth-order valence-electron chi connectivity index (χ4n) is 5.69. The van der Waals surface area contributed by atoms with Crippen LogP contribution >= 0.6 is 11.6 Å². The van der Waals surface area contributed by atoms with Crippen molar-refractivity contribution >= 4 is 40.3 Å². The number of amides is 4. The standard InChI is InChI=1S/C31H30ClFN6O4/c32-24-16-34-26-15-20(6-9-23(24)26)30(42)35-25-11-14-38(31(43)37-13-10-21(33)17-37)18-27(25)36-29(41)19-4-7-22(8-5-19)39-12-2-1-3-28(39)40/h1-9,12,15-16,21,25,27,34H,10-11,13-14,17-18H2,(H,35,42)(H,36,41)/t21?,25-,27+/m1/s1. The molecule has 4 amide bonds. The summed E-state index contributed by atoms with van der Waals surface area (Å²) in [5.74, 6) is -0.716. The highest BCUT2D eigenvalue weighted by Crippen LogP contribution is 2.24. The molecule has 12 heteroatoms. The third kappa shape index (κ3) is 5.98. The lowest BCUT2D eigenvalue weighted by molar-refractivity contribution is 0.0810. The fourth-order valence-corrected chi connectivity index (χ4v) is 5.91. The van der Waals surface area contributed by atoms with E-state index in [2.05, 4.69) is 15.6 Å². The van der Waals surface area contributed by atoms with Crippen molar-refractivity contribution in [1.29, 1.82) is 0 Å². The minimum atomic E-state index is -1.04. The lowest BCUT2D eigenvalue weighted by Gasteiger charge is -2.40. The Morgan fingerprint density at radius 1 is 0.860 bits per heavy atom. The topological polar surface area (TPSA) is 120 Å². The predicted octanol–water partition coefficient (Wildman–Crippen LogP) is 3.74. The number of nitrogens with one attached hydrogen (secondary N) is 3. The number of carbonyl (C=O) groups is 3. The summed E-state index contributed by atoms with van der Waals surface area (Å²) in [7, 11) is 0. The smallest absolute Gasteiger partial charge is 0.320 e. The first-order valence-electron chi connectivity index (χ1n) is 14.1. The van der Waals surface area contributed by atoms with E-state index in [0.717, 1.165) is 10.9 Å². The van der Waals surface area contributed by atoms with Crippen LogP contribution in [-0.2, 0) is 0 Å². The SMILES string of the molecule is O=C(N[C@H]1CN(C(=O)N2CCC(F)C2)CC[C@H]1NC(=O)c1ccc2c(Cl)c[nH]c2c1)c1ccc(-n2ccccc2=O)cc1. The van der Waals surface area contributed by atoms with Gasteiger partial charge in [0.15, 0.2) is 0 Å². The second kappa shape index (κ2) is 11.9. The van der Waals surface area contributed by atoms with Gasteiger partial charge in [0, 0.05) is 65.8 Å². The molecule has 3 N–H and O–H groups in total. The van der Waals surface area contributed by atoms with Gasteiger partial charge in [-0.15, -0.1) is 0 Å². The quantitative estimate of drug-likeness (QED) is 0.321. The van der Waals surface area contributed by atoms with Crippen molar-refractivity contribution in [2.45, 2.75) is 31.1 Å². The van der Waals surface area contributed by atoms with Gasteiger partial charge in [-0.3, -0.25) is 19.0 Å². The van der Waals surface area contributed by atoms with Crippen molar-refractivity contribution < 1.29 is 18.8 Å². The molecule has 2 aromatic carbocycles. The van der Waals surface area contributed by atoms with Gasteiger partial charge in [-0.05, 0) is 55.3 Å². The van der Waals surface area contributed by atoms with Crippen molar-refractivity contribution in [2.24, 2.45) is 0 Å². The van der Waals surface area contributed by atoms with Gasteiger partial charge in [-0.25, -0.2) is 9.18 Å². The maximum atomic E-state index is 13.8. The van der Waals surface area contributed by atoms with Gasteiger partial charge in [0.25, 0.3) is 17.4 Å². The molecule has 2 aliphatic rings. The van der Waals surface area contributed by atoms with E-state index in [1.54, 1.807) is 71.9 Å². The number of benzene rings is 2. The zero-order chi connectivity index (χ0) is 30.1. The van der Waals surface area contributed by atoms with E-state index in [4.69, 9.17) is 11.6 Å². The number of hydrogen-bond donors (Lipinski definition) is 3. The summed E-state index contributed by atoms with van der Waals surface area (Å²) < 4.78 is 15.3. The monoisotopic (exact) mass is 604 g/mol. The molecule has 4 heterocycles. The van der Waals surface area contributed by atoms with E-state index in [0.29, 0.717) is 47.8 Å². The zero-order valence-electron chi connectivity index (χ0n) is 23.1. The number of piperidine rings is 1. The van der Waals surface area contributed by atoms with Crippen LogP contribution in [0.25, 0.3) is 16.6 Å². The number of carbonyl (C=O) groups excluding carboxylic acids is 3. The highest BCUT2D eigenvalue weighted by atomic mass is 35.5. The van der Waals surface area contributed by atoms with Crippen LogP contribution in [-0.4, -0.2) is 81.6 Å². The van der Waals surface area contributed by atoms with Gasteiger partial charge >= 0.3 is 6.03 Å². The van der Waals surface area contributed by atoms with Crippen LogP contribution in [0.5, 0.6) is 0 Å². The summed E-state index contributed by atoms with van der Waals surface area (Å²) in [6.45, 7) is 0.880. The van der Waals surface area contributed by atoms with Crippen molar-refractivity contribution in [2.75, 3.05) is 26.2 Å². The molecule has 10 nitrogen and oxygen atoms in total. The van der Waals surface area contributed by atoms with Gasteiger partial charge in [-0.1, -0.05) is 23.7 Å². The lowest BCUT2D eigenvalue weighted by atomic mass is 9.98. The Morgan fingerprint density at radius 2 is 1.56 bits per heavy atom. The number of likely N-dealkylation sites (tertiary alicyclic amines) is 2. The molecule has 0 spiro atoms. The van der Waals surface area contributed by atoms with E-state index in [9.17, 15) is 23.6 Å². The number of urea groups is 1. The van der Waals surface area contributed by atoms with E-state index < -0.39 is 24.2 Å². The highest BCUT2D eigenvalue weighted by Gasteiger charge is 2.37. The van der Waals surface area contributed by atoms with Crippen molar-refractivity contribution in [3.05, 3.63) is 99.6 Å². The molecular weight excluding hydrogens is 575 g/mol. The number of H-pyrrole nitrogens is 1. The summed E-state index contributed by atoms with van der Waals surface area (Å²) >= 11 is 6.18. The fraction of sp³-hybridized carbons (Fsp3) is 0.290. The molecule has 2 saturated heterocycles. The van der Waals surface area contributed by atoms with Crippen molar-refractivity contribution in [3.8, 4) is 5.69 Å². The normalized spacial score (nSPS) is 20.3. The Morgan fingerprint density at radius 3 is 2.30 bits per heavy atom. The molecule has 222 valence electrons. The molecule has 0 aliphatic carbocycles. The Balaban J connectivity index is 1.20. The first kappa shape index (κ1) is 28.5. The van der Waals surface area contributed by atoms with Crippen molar-refractivity contribution in [3.63, 3.8) is 0 Å². The number of alkyl halides is 1. The molecule has 2 aromatic heterocycles. The van der Waals surface area contributed by atoms with Crippen LogP contribution in [0.3, 0.4) is 0 Å². The third-order valence-corrected chi connectivity index (χ3v) is 8.35. The average Bonchev–Trinajstić information content (AvgIpc) is 3.62. The molecule has 0 radical (unpaired) electrons. The molecule has 4 aromatic rings. The minimum absolute atomic E-state index is 0.0502. The van der Waals surface area contributed by atoms with Gasteiger partial charge in [-0.2, -0.15) is 0 Å². The van der Waals surface area contributed by atoms with Crippen LogP contribution in [0.2, 0.25) is 5.02 Å². The Hall–Kier alpha value is -4.64. The Kier molecular flexibility index (Phi) is 7.90. The van der Waals surface area contributed by atoms with Gasteiger partial charge < -0.3 is 25.4 Å².